The molecular weight excluding hydrogens is 266 g/mol. The van der Waals surface area contributed by atoms with Gasteiger partial charge in [0.25, 0.3) is 5.91 Å². The van der Waals surface area contributed by atoms with Crippen molar-refractivity contribution in [1.29, 1.82) is 0 Å². The summed E-state index contributed by atoms with van der Waals surface area (Å²) in [4.78, 5) is 26.0. The van der Waals surface area contributed by atoms with E-state index in [1.54, 1.807) is 24.3 Å². The number of carbonyl (C=O) groups is 2. The third-order valence-electron chi connectivity index (χ3n) is 2.14. The summed E-state index contributed by atoms with van der Waals surface area (Å²) in [5.74, 6) is -0.307. The second-order valence-electron chi connectivity index (χ2n) is 3.68. The molecule has 8 nitrogen and oxygen atoms in total. The Morgan fingerprint density at radius 1 is 1.30 bits per heavy atom. The Bertz CT molecular complexity index is 580. The first-order chi connectivity index (χ1) is 9.65. The van der Waals surface area contributed by atoms with Crippen LogP contribution >= 0.6 is 0 Å². The molecule has 0 aliphatic rings. The fourth-order valence-corrected chi connectivity index (χ4v) is 1.30. The molecule has 2 aromatic rings. The quantitative estimate of drug-likeness (QED) is 0.820. The molecule has 1 heterocycles. The summed E-state index contributed by atoms with van der Waals surface area (Å²) in [6, 6.07) is 6.73. The summed E-state index contributed by atoms with van der Waals surface area (Å²) in [6.07, 6.45) is 1.24. The van der Waals surface area contributed by atoms with Crippen molar-refractivity contribution in [3.63, 3.8) is 0 Å². The molecule has 1 aromatic heterocycles. The van der Waals surface area contributed by atoms with Crippen LogP contribution in [0.15, 0.2) is 35.1 Å². The maximum atomic E-state index is 11.2. The lowest BCUT2D eigenvalue weighted by atomic mass is 10.2. The van der Waals surface area contributed by atoms with Gasteiger partial charge in [-0.3, -0.25) is 9.59 Å². The van der Waals surface area contributed by atoms with Crippen LogP contribution in [0.2, 0.25) is 0 Å². The number of hydrogen-bond acceptors (Lipinski definition) is 7. The Labute approximate surface area is 113 Å². The van der Waals surface area contributed by atoms with Crippen LogP contribution in [-0.4, -0.2) is 28.7 Å². The van der Waals surface area contributed by atoms with Crippen molar-refractivity contribution in [2.75, 3.05) is 6.61 Å². The number of hydrogen-bond donors (Lipinski definition) is 1. The molecule has 0 atom stereocenters. The zero-order chi connectivity index (χ0) is 14.4. The van der Waals surface area contributed by atoms with E-state index in [4.69, 9.17) is 9.15 Å². The van der Waals surface area contributed by atoms with Gasteiger partial charge >= 0.3 is 5.97 Å². The van der Waals surface area contributed by atoms with E-state index in [-0.39, 0.29) is 6.61 Å². The molecule has 0 bridgehead atoms. The van der Waals surface area contributed by atoms with Crippen molar-refractivity contribution in [2.45, 2.75) is 6.92 Å². The van der Waals surface area contributed by atoms with Gasteiger partial charge in [-0.05, 0) is 24.3 Å². The summed E-state index contributed by atoms with van der Waals surface area (Å²) in [5, 5.41) is 7.33. The van der Waals surface area contributed by atoms with Crippen LogP contribution in [0.5, 0.6) is 5.75 Å². The van der Waals surface area contributed by atoms with E-state index in [1.807, 2.05) is 5.48 Å². The van der Waals surface area contributed by atoms with Gasteiger partial charge in [-0.2, -0.15) is 5.48 Å². The van der Waals surface area contributed by atoms with Crippen molar-refractivity contribution >= 4 is 11.9 Å². The Balaban J connectivity index is 1.85. The molecular formula is C12H11N3O5. The van der Waals surface area contributed by atoms with E-state index >= 15 is 0 Å². The van der Waals surface area contributed by atoms with E-state index < -0.39 is 11.9 Å². The minimum absolute atomic E-state index is 0.271. The van der Waals surface area contributed by atoms with Crippen LogP contribution in [0.25, 0.3) is 11.5 Å². The van der Waals surface area contributed by atoms with Crippen LogP contribution in [0.3, 0.4) is 0 Å². The number of amides is 1. The highest BCUT2D eigenvalue weighted by atomic mass is 16.7. The van der Waals surface area contributed by atoms with Gasteiger partial charge in [-0.15, -0.1) is 10.2 Å². The van der Waals surface area contributed by atoms with Gasteiger partial charge < -0.3 is 14.0 Å². The van der Waals surface area contributed by atoms with E-state index in [2.05, 4.69) is 15.0 Å². The summed E-state index contributed by atoms with van der Waals surface area (Å²) < 4.78 is 10.2. The van der Waals surface area contributed by atoms with E-state index in [9.17, 15) is 9.59 Å². The number of aromatic nitrogens is 2. The zero-order valence-electron chi connectivity index (χ0n) is 10.5. The Morgan fingerprint density at radius 3 is 2.65 bits per heavy atom. The number of ether oxygens (including phenoxy) is 1. The zero-order valence-corrected chi connectivity index (χ0v) is 10.5. The number of benzene rings is 1. The van der Waals surface area contributed by atoms with Crippen molar-refractivity contribution in [1.82, 2.24) is 15.7 Å². The fraction of sp³-hybridized carbons (Fsp3) is 0.167. The summed E-state index contributed by atoms with van der Waals surface area (Å²) >= 11 is 0. The minimum Gasteiger partial charge on any atom is -0.484 e. The monoisotopic (exact) mass is 277 g/mol. The predicted octanol–water partition coefficient (Wildman–Crippen LogP) is 0.710. The molecule has 20 heavy (non-hydrogen) atoms. The molecule has 1 aromatic carbocycles. The molecule has 1 amide bonds. The number of nitrogens with one attached hydrogen (secondary N) is 1. The van der Waals surface area contributed by atoms with E-state index in [0.29, 0.717) is 11.6 Å². The van der Waals surface area contributed by atoms with Gasteiger partial charge in [0.15, 0.2) is 6.61 Å². The largest absolute Gasteiger partial charge is 0.484 e. The predicted molar refractivity (Wildman–Crippen MR) is 65.1 cm³/mol. The molecule has 8 heteroatoms. The third-order valence-corrected chi connectivity index (χ3v) is 2.14. The highest BCUT2D eigenvalue weighted by molar-refractivity contribution is 5.78. The molecule has 0 unspecified atom stereocenters. The third kappa shape index (κ3) is 3.80. The highest BCUT2D eigenvalue weighted by Crippen LogP contribution is 2.19. The molecule has 0 aliphatic heterocycles. The average molecular weight is 277 g/mol. The van der Waals surface area contributed by atoms with Crippen LogP contribution < -0.4 is 10.2 Å². The highest BCUT2D eigenvalue weighted by Gasteiger charge is 2.06. The lowest BCUT2D eigenvalue weighted by Crippen LogP contribution is -2.30. The average Bonchev–Trinajstić information content (AvgIpc) is 2.97. The SMILES string of the molecule is CC(=O)ONC(=O)COc1ccc(-c2nnco2)cc1. The topological polar surface area (TPSA) is 104 Å². The summed E-state index contributed by atoms with van der Waals surface area (Å²) in [7, 11) is 0. The first-order valence-electron chi connectivity index (χ1n) is 5.61. The maximum Gasteiger partial charge on any atom is 0.329 e. The maximum absolute atomic E-state index is 11.2. The summed E-state index contributed by atoms with van der Waals surface area (Å²) in [5.41, 5.74) is 2.67. The number of nitrogens with zero attached hydrogens (tertiary/aromatic N) is 2. The van der Waals surface area contributed by atoms with Crippen molar-refractivity contribution in [3.8, 4) is 17.2 Å². The fourth-order valence-electron chi connectivity index (χ4n) is 1.30. The van der Waals surface area contributed by atoms with Gasteiger partial charge in [0, 0.05) is 12.5 Å². The molecule has 0 saturated carbocycles. The second kappa shape index (κ2) is 6.32. The molecule has 104 valence electrons. The van der Waals surface area contributed by atoms with Gasteiger partial charge in [-0.1, -0.05) is 0 Å². The van der Waals surface area contributed by atoms with Crippen LogP contribution in [0, 0.1) is 0 Å². The lowest BCUT2D eigenvalue weighted by molar-refractivity contribution is -0.156. The Hall–Kier alpha value is -2.90. The first kappa shape index (κ1) is 13.5. The molecule has 0 radical (unpaired) electrons. The minimum atomic E-state index is -0.609. The van der Waals surface area contributed by atoms with Gasteiger partial charge in [0.05, 0.1) is 0 Å². The van der Waals surface area contributed by atoms with Gasteiger partial charge in [-0.25, -0.2) is 0 Å². The molecule has 0 aliphatic carbocycles. The van der Waals surface area contributed by atoms with Crippen molar-refractivity contribution in [2.24, 2.45) is 0 Å². The van der Waals surface area contributed by atoms with E-state index in [0.717, 1.165) is 5.56 Å². The number of rotatable bonds is 4. The molecule has 0 fully saturated rings. The van der Waals surface area contributed by atoms with Crippen LogP contribution in [0.1, 0.15) is 6.92 Å². The number of carbonyl (C=O) groups excluding carboxylic acids is 2. The Morgan fingerprint density at radius 2 is 2.05 bits per heavy atom. The van der Waals surface area contributed by atoms with Gasteiger partial charge in [0.2, 0.25) is 12.3 Å². The standard InChI is InChI=1S/C12H11N3O5/c1-8(16)20-15-11(17)6-18-10-4-2-9(3-5-10)12-14-13-7-19-12/h2-5,7H,6H2,1H3,(H,15,17). The van der Waals surface area contributed by atoms with Gasteiger partial charge in [0.1, 0.15) is 5.75 Å². The Kier molecular flexibility index (Phi) is 4.28. The first-order valence-corrected chi connectivity index (χ1v) is 5.61. The molecule has 1 N–H and O–H groups in total. The normalized spacial score (nSPS) is 9.85. The van der Waals surface area contributed by atoms with Crippen molar-refractivity contribution in [3.05, 3.63) is 30.7 Å². The van der Waals surface area contributed by atoms with Crippen LogP contribution in [0.4, 0.5) is 0 Å². The lowest BCUT2D eigenvalue weighted by Gasteiger charge is -2.06. The van der Waals surface area contributed by atoms with E-state index in [1.165, 1.54) is 13.3 Å². The number of hydroxylamine groups is 1. The molecule has 0 spiro atoms. The smallest absolute Gasteiger partial charge is 0.329 e. The molecule has 0 saturated heterocycles. The second-order valence-corrected chi connectivity index (χ2v) is 3.68. The molecule has 2 rings (SSSR count). The van der Waals surface area contributed by atoms with Crippen molar-refractivity contribution < 1.29 is 23.6 Å². The van der Waals surface area contributed by atoms with Crippen LogP contribution in [-0.2, 0) is 14.4 Å². The summed E-state index contributed by atoms with van der Waals surface area (Å²) in [6.45, 7) is 0.907.